The SMILES string of the molecule is COc1cc(CC(NC(=O)OCC2c3ccccc3-c3ccccc32)C(=O)O)ccc1O. The fraction of sp³-hybridized carbons (Fsp3) is 0.200. The number of phenols is 1. The lowest BCUT2D eigenvalue weighted by Gasteiger charge is -2.18. The van der Waals surface area contributed by atoms with Gasteiger partial charge in [-0.1, -0.05) is 54.6 Å². The van der Waals surface area contributed by atoms with Gasteiger partial charge in [-0.15, -0.1) is 0 Å². The standard InChI is InChI=1S/C25H23NO6/c1-31-23-13-15(10-11-22(23)27)12-21(24(28)29)26-25(30)32-14-20-18-8-4-2-6-16(18)17-7-3-5-9-19(17)20/h2-11,13,20-21,27H,12,14H2,1H3,(H,26,30)(H,28,29). The van der Waals surface area contributed by atoms with Crippen molar-refractivity contribution < 1.29 is 29.3 Å². The molecule has 1 atom stereocenters. The van der Waals surface area contributed by atoms with Crippen LogP contribution in [0.1, 0.15) is 22.6 Å². The van der Waals surface area contributed by atoms with Crippen LogP contribution in [0, 0.1) is 0 Å². The fourth-order valence-electron chi connectivity index (χ4n) is 4.07. The van der Waals surface area contributed by atoms with Crippen LogP contribution in [0.25, 0.3) is 11.1 Å². The van der Waals surface area contributed by atoms with Crippen molar-refractivity contribution in [2.75, 3.05) is 13.7 Å². The Morgan fingerprint density at radius 1 is 1.00 bits per heavy atom. The van der Waals surface area contributed by atoms with Crippen LogP contribution in [-0.4, -0.2) is 42.0 Å². The van der Waals surface area contributed by atoms with Gasteiger partial charge in [0.2, 0.25) is 0 Å². The molecule has 0 fully saturated rings. The quantitative estimate of drug-likeness (QED) is 0.521. The summed E-state index contributed by atoms with van der Waals surface area (Å²) >= 11 is 0. The maximum atomic E-state index is 12.4. The first-order chi connectivity index (χ1) is 15.5. The van der Waals surface area contributed by atoms with Gasteiger partial charge in [0.1, 0.15) is 12.6 Å². The number of phenolic OH excluding ortho intramolecular Hbond substituents is 1. The van der Waals surface area contributed by atoms with Crippen LogP contribution < -0.4 is 10.1 Å². The number of carbonyl (C=O) groups is 2. The number of carboxylic acid groups (broad SMARTS) is 1. The van der Waals surface area contributed by atoms with Gasteiger partial charge in [0, 0.05) is 12.3 Å². The number of alkyl carbamates (subject to hydrolysis) is 1. The molecule has 7 heteroatoms. The van der Waals surface area contributed by atoms with E-state index in [0.29, 0.717) is 5.56 Å². The van der Waals surface area contributed by atoms with Crippen LogP contribution >= 0.6 is 0 Å². The van der Waals surface area contributed by atoms with Crippen LogP contribution in [0.2, 0.25) is 0 Å². The van der Waals surface area contributed by atoms with E-state index in [2.05, 4.69) is 5.32 Å². The van der Waals surface area contributed by atoms with Crippen molar-refractivity contribution in [3.05, 3.63) is 83.4 Å². The Labute approximate surface area is 185 Å². The molecule has 1 aliphatic rings. The summed E-state index contributed by atoms with van der Waals surface area (Å²) < 4.78 is 10.5. The summed E-state index contributed by atoms with van der Waals surface area (Å²) in [6.45, 7) is 0.0965. The van der Waals surface area contributed by atoms with Gasteiger partial charge in [0.05, 0.1) is 7.11 Å². The third kappa shape index (κ3) is 4.23. The summed E-state index contributed by atoms with van der Waals surface area (Å²) in [5.41, 5.74) is 4.97. The smallest absolute Gasteiger partial charge is 0.407 e. The third-order valence-corrected chi connectivity index (χ3v) is 5.62. The average Bonchev–Trinajstić information content (AvgIpc) is 3.12. The largest absolute Gasteiger partial charge is 0.504 e. The molecule has 1 aliphatic carbocycles. The highest BCUT2D eigenvalue weighted by atomic mass is 16.5. The van der Waals surface area contributed by atoms with E-state index in [-0.39, 0.29) is 30.4 Å². The predicted molar refractivity (Wildman–Crippen MR) is 118 cm³/mol. The zero-order chi connectivity index (χ0) is 22.7. The molecule has 1 amide bonds. The molecular weight excluding hydrogens is 410 g/mol. The van der Waals surface area contributed by atoms with Gasteiger partial charge in [0.15, 0.2) is 11.5 Å². The van der Waals surface area contributed by atoms with Gasteiger partial charge in [-0.25, -0.2) is 9.59 Å². The molecule has 0 bridgehead atoms. The number of ether oxygens (including phenoxy) is 2. The van der Waals surface area contributed by atoms with Gasteiger partial charge in [0.25, 0.3) is 0 Å². The van der Waals surface area contributed by atoms with Crippen molar-refractivity contribution >= 4 is 12.1 Å². The van der Waals surface area contributed by atoms with Gasteiger partial charge in [-0.05, 0) is 39.9 Å². The highest BCUT2D eigenvalue weighted by Gasteiger charge is 2.29. The molecule has 0 aromatic heterocycles. The van der Waals surface area contributed by atoms with Gasteiger partial charge < -0.3 is 25.0 Å². The van der Waals surface area contributed by atoms with E-state index >= 15 is 0 Å². The van der Waals surface area contributed by atoms with Crippen molar-refractivity contribution in [3.8, 4) is 22.6 Å². The first-order valence-corrected chi connectivity index (χ1v) is 10.2. The van der Waals surface area contributed by atoms with E-state index in [1.54, 1.807) is 6.07 Å². The molecule has 3 aromatic carbocycles. The van der Waals surface area contributed by atoms with Crippen LogP contribution in [-0.2, 0) is 16.0 Å². The average molecular weight is 433 g/mol. The lowest BCUT2D eigenvalue weighted by Crippen LogP contribution is -2.42. The van der Waals surface area contributed by atoms with Crippen LogP contribution in [0.4, 0.5) is 4.79 Å². The van der Waals surface area contributed by atoms with Gasteiger partial charge >= 0.3 is 12.1 Å². The van der Waals surface area contributed by atoms with Gasteiger partial charge in [-0.2, -0.15) is 0 Å². The number of amides is 1. The van der Waals surface area contributed by atoms with E-state index in [4.69, 9.17) is 9.47 Å². The van der Waals surface area contributed by atoms with Crippen LogP contribution in [0.3, 0.4) is 0 Å². The molecular formula is C25H23NO6. The van der Waals surface area contributed by atoms with E-state index < -0.39 is 18.1 Å². The van der Waals surface area contributed by atoms with E-state index in [9.17, 15) is 19.8 Å². The number of nitrogens with one attached hydrogen (secondary N) is 1. The normalized spacial score (nSPS) is 13.0. The Balaban J connectivity index is 1.43. The summed E-state index contributed by atoms with van der Waals surface area (Å²) in [5.74, 6) is -1.12. The number of benzene rings is 3. The first-order valence-electron chi connectivity index (χ1n) is 10.2. The highest BCUT2D eigenvalue weighted by Crippen LogP contribution is 2.44. The number of fused-ring (bicyclic) bond motifs is 3. The molecule has 0 saturated heterocycles. The molecule has 3 N–H and O–H groups in total. The minimum atomic E-state index is -1.19. The molecule has 0 aliphatic heterocycles. The third-order valence-electron chi connectivity index (χ3n) is 5.62. The van der Waals surface area contributed by atoms with Crippen molar-refractivity contribution in [2.24, 2.45) is 0 Å². The monoisotopic (exact) mass is 433 g/mol. The number of aromatic hydroxyl groups is 1. The molecule has 1 unspecified atom stereocenters. The number of rotatable bonds is 7. The van der Waals surface area contributed by atoms with Crippen molar-refractivity contribution in [1.29, 1.82) is 0 Å². The number of aliphatic carboxylic acids is 1. The predicted octanol–water partition coefficient (Wildman–Crippen LogP) is 3.94. The lowest BCUT2D eigenvalue weighted by molar-refractivity contribution is -0.139. The minimum absolute atomic E-state index is 0.0101. The van der Waals surface area contributed by atoms with Gasteiger partial charge in [-0.3, -0.25) is 0 Å². The fourth-order valence-corrected chi connectivity index (χ4v) is 4.07. The van der Waals surface area contributed by atoms with Crippen LogP contribution in [0.15, 0.2) is 66.7 Å². The Hall–Kier alpha value is -4.00. The van der Waals surface area contributed by atoms with Crippen LogP contribution in [0.5, 0.6) is 11.5 Å². The molecule has 0 spiro atoms. The maximum Gasteiger partial charge on any atom is 0.407 e. The minimum Gasteiger partial charge on any atom is -0.504 e. The number of hydrogen-bond donors (Lipinski definition) is 3. The second kappa shape index (κ2) is 9.01. The maximum absolute atomic E-state index is 12.4. The van der Waals surface area contributed by atoms with Crippen molar-refractivity contribution in [3.63, 3.8) is 0 Å². The Bertz CT molecular complexity index is 1110. The van der Waals surface area contributed by atoms with E-state index in [1.165, 1.54) is 19.2 Å². The Morgan fingerprint density at radius 3 is 2.22 bits per heavy atom. The zero-order valence-corrected chi connectivity index (χ0v) is 17.4. The highest BCUT2D eigenvalue weighted by molar-refractivity contribution is 5.81. The van der Waals surface area contributed by atoms with E-state index in [0.717, 1.165) is 22.3 Å². The summed E-state index contributed by atoms with van der Waals surface area (Å²) in [5, 5.41) is 21.7. The summed E-state index contributed by atoms with van der Waals surface area (Å²) in [7, 11) is 1.41. The second-order valence-corrected chi connectivity index (χ2v) is 7.57. The molecule has 4 rings (SSSR count). The first kappa shape index (κ1) is 21.2. The molecule has 7 nitrogen and oxygen atoms in total. The van der Waals surface area contributed by atoms with Crippen molar-refractivity contribution in [1.82, 2.24) is 5.32 Å². The molecule has 3 aromatic rings. The Morgan fingerprint density at radius 2 is 1.62 bits per heavy atom. The Kier molecular flexibility index (Phi) is 5.98. The summed E-state index contributed by atoms with van der Waals surface area (Å²) in [6, 6.07) is 19.3. The summed E-state index contributed by atoms with van der Waals surface area (Å²) in [4.78, 5) is 24.1. The topological polar surface area (TPSA) is 105 Å². The molecule has 164 valence electrons. The molecule has 0 saturated carbocycles. The number of hydrogen-bond acceptors (Lipinski definition) is 5. The molecule has 0 radical (unpaired) electrons. The zero-order valence-electron chi connectivity index (χ0n) is 17.4. The summed E-state index contributed by atoms with van der Waals surface area (Å²) in [6.07, 6.45) is -0.791. The molecule has 32 heavy (non-hydrogen) atoms. The second-order valence-electron chi connectivity index (χ2n) is 7.57. The number of carbonyl (C=O) groups excluding carboxylic acids is 1. The number of methoxy groups -OCH3 is 1. The van der Waals surface area contributed by atoms with E-state index in [1.807, 2.05) is 48.5 Å². The molecule has 0 heterocycles. The number of carboxylic acids is 1. The van der Waals surface area contributed by atoms with Crippen molar-refractivity contribution in [2.45, 2.75) is 18.4 Å². The lowest BCUT2D eigenvalue weighted by atomic mass is 9.98.